The molecule has 0 aliphatic heterocycles. The van der Waals surface area contributed by atoms with Gasteiger partial charge in [0.25, 0.3) is 0 Å². The Bertz CT molecular complexity index is 1370. The zero-order chi connectivity index (χ0) is 51.4. The molecule has 0 aliphatic rings. The van der Waals surface area contributed by atoms with Crippen LogP contribution in [0.15, 0.2) is 85.1 Å². The largest absolute Gasteiger partial charge is 0.462 e. The molecule has 0 aliphatic carbocycles. The summed E-state index contributed by atoms with van der Waals surface area (Å²) in [4.78, 5) is 38.2. The smallest absolute Gasteiger partial charge is 0.306 e. The van der Waals surface area contributed by atoms with Crippen molar-refractivity contribution < 1.29 is 28.6 Å². The maximum Gasteiger partial charge on any atom is 0.306 e. The third kappa shape index (κ3) is 57.4. The lowest BCUT2D eigenvalue weighted by Gasteiger charge is -2.18. The van der Waals surface area contributed by atoms with Gasteiger partial charge in [0, 0.05) is 19.3 Å². The van der Waals surface area contributed by atoms with Crippen LogP contribution < -0.4 is 0 Å². The summed E-state index contributed by atoms with van der Waals surface area (Å²) in [5.41, 5.74) is 0. The first-order chi connectivity index (χ1) is 35.0. The van der Waals surface area contributed by atoms with Gasteiger partial charge >= 0.3 is 17.9 Å². The van der Waals surface area contributed by atoms with E-state index in [1.807, 2.05) is 0 Å². The van der Waals surface area contributed by atoms with E-state index >= 15 is 0 Å². The van der Waals surface area contributed by atoms with E-state index in [1.54, 1.807) is 0 Å². The number of carbonyl (C=O) groups is 3. The average molecular weight is 990 g/mol. The molecule has 0 aromatic carbocycles. The first-order valence-electron chi connectivity index (χ1n) is 30.1. The van der Waals surface area contributed by atoms with Gasteiger partial charge in [-0.15, -0.1) is 0 Å². The van der Waals surface area contributed by atoms with Gasteiger partial charge in [-0.3, -0.25) is 14.4 Å². The molecule has 0 fully saturated rings. The molecule has 0 bridgehead atoms. The Labute approximate surface area is 439 Å². The zero-order valence-corrected chi connectivity index (χ0v) is 46.7. The second kappa shape index (κ2) is 59.2. The minimum absolute atomic E-state index is 0.0920. The number of esters is 3. The molecule has 6 heteroatoms. The Hall–Kier alpha value is -3.41. The number of hydrogen-bond acceptors (Lipinski definition) is 6. The van der Waals surface area contributed by atoms with Crippen LogP contribution in [0.1, 0.15) is 290 Å². The van der Waals surface area contributed by atoms with Crippen LogP contribution in [-0.4, -0.2) is 37.2 Å². The predicted octanol–water partition coefficient (Wildman–Crippen LogP) is 20.3. The fourth-order valence-electron chi connectivity index (χ4n) is 8.38. The topological polar surface area (TPSA) is 78.9 Å². The maximum absolute atomic E-state index is 12.9. The number of ether oxygens (including phenoxy) is 3. The van der Waals surface area contributed by atoms with Crippen molar-refractivity contribution in [2.75, 3.05) is 13.2 Å². The van der Waals surface area contributed by atoms with E-state index in [4.69, 9.17) is 14.2 Å². The van der Waals surface area contributed by atoms with Crippen molar-refractivity contribution in [2.45, 2.75) is 297 Å². The highest BCUT2D eigenvalue weighted by Gasteiger charge is 2.19. The fraction of sp³-hybridized carbons (Fsp3) is 0.738. The SMILES string of the molecule is CC/C=C\C/C=C\C/C=C\CCCCCCCC(=O)O[C@H](COC(=O)CCCCC/C=C\C/C=C\C/C=C\C/C=C\CCCCC)COC(=O)CCCCCCCCCCCCCCCCCCCCC. The quantitative estimate of drug-likeness (QED) is 0.0261. The van der Waals surface area contributed by atoms with Crippen molar-refractivity contribution in [1.82, 2.24) is 0 Å². The van der Waals surface area contributed by atoms with Crippen molar-refractivity contribution in [3.05, 3.63) is 85.1 Å². The standard InChI is InChI=1S/C65H112O6/c1-4-7-10-13-16-19-22-25-28-30-32-34-37-39-42-45-48-51-54-57-63(66)69-60-62(71-65(68)59-56-53-50-47-44-41-36-27-24-21-18-15-12-9-6-3)61-70-64(67)58-55-52-49-46-43-40-38-35-33-31-29-26-23-20-17-14-11-8-5-2/h9,12,16,18-19,21,25,27-28,32,34,36,39,42,62H,4-8,10-11,13-15,17,20,22-24,26,29-31,33,35,37-38,40-41,43-61H2,1-3H3/b12-9-,19-16-,21-18-,28-25-,34-32-,36-27-,42-39-/t62-/m1/s1. The minimum Gasteiger partial charge on any atom is -0.462 e. The monoisotopic (exact) mass is 989 g/mol. The molecule has 0 saturated carbocycles. The van der Waals surface area contributed by atoms with Crippen molar-refractivity contribution in [3.8, 4) is 0 Å². The lowest BCUT2D eigenvalue weighted by atomic mass is 10.0. The Morgan fingerprint density at radius 2 is 0.549 bits per heavy atom. The molecule has 0 N–H and O–H groups in total. The van der Waals surface area contributed by atoms with Crippen molar-refractivity contribution in [3.63, 3.8) is 0 Å². The van der Waals surface area contributed by atoms with Gasteiger partial charge in [0.05, 0.1) is 0 Å². The molecular weight excluding hydrogens is 877 g/mol. The van der Waals surface area contributed by atoms with Crippen LogP contribution in [0.2, 0.25) is 0 Å². The van der Waals surface area contributed by atoms with Gasteiger partial charge in [-0.1, -0.05) is 260 Å². The third-order valence-electron chi connectivity index (χ3n) is 12.9. The second-order valence-corrected chi connectivity index (χ2v) is 19.9. The maximum atomic E-state index is 12.9. The summed E-state index contributed by atoms with van der Waals surface area (Å²) in [5.74, 6) is -0.932. The van der Waals surface area contributed by atoms with E-state index in [2.05, 4.69) is 106 Å². The van der Waals surface area contributed by atoms with Crippen molar-refractivity contribution in [1.29, 1.82) is 0 Å². The van der Waals surface area contributed by atoms with E-state index < -0.39 is 6.10 Å². The molecule has 0 aromatic rings. The van der Waals surface area contributed by atoms with E-state index in [-0.39, 0.29) is 31.1 Å². The van der Waals surface area contributed by atoms with Crippen LogP contribution >= 0.6 is 0 Å². The molecule has 71 heavy (non-hydrogen) atoms. The molecule has 408 valence electrons. The van der Waals surface area contributed by atoms with Crippen LogP contribution in [0.3, 0.4) is 0 Å². The zero-order valence-electron chi connectivity index (χ0n) is 46.7. The first kappa shape index (κ1) is 67.6. The molecule has 1 atom stereocenters. The predicted molar refractivity (Wildman–Crippen MR) is 307 cm³/mol. The number of hydrogen-bond donors (Lipinski definition) is 0. The van der Waals surface area contributed by atoms with E-state index in [0.29, 0.717) is 19.3 Å². The molecule has 0 saturated heterocycles. The second-order valence-electron chi connectivity index (χ2n) is 19.9. The molecule has 6 nitrogen and oxygen atoms in total. The summed E-state index contributed by atoms with van der Waals surface area (Å²) in [6.45, 7) is 6.49. The van der Waals surface area contributed by atoms with Gasteiger partial charge in [0.1, 0.15) is 13.2 Å². The Balaban J connectivity index is 4.43. The van der Waals surface area contributed by atoms with E-state index in [0.717, 1.165) is 122 Å². The fourth-order valence-corrected chi connectivity index (χ4v) is 8.38. The Morgan fingerprint density at radius 3 is 0.901 bits per heavy atom. The average Bonchev–Trinajstić information content (AvgIpc) is 3.37. The molecule has 0 heterocycles. The molecular formula is C65H112O6. The third-order valence-corrected chi connectivity index (χ3v) is 12.9. The number of carbonyl (C=O) groups excluding carboxylic acids is 3. The van der Waals surface area contributed by atoms with Crippen molar-refractivity contribution >= 4 is 17.9 Å². The van der Waals surface area contributed by atoms with E-state index in [1.165, 1.54) is 128 Å². The molecule has 0 rings (SSSR count). The molecule has 0 amide bonds. The summed E-state index contributed by atoms with van der Waals surface area (Å²) < 4.78 is 16.9. The minimum atomic E-state index is -0.799. The van der Waals surface area contributed by atoms with Gasteiger partial charge in [-0.05, 0) is 96.3 Å². The van der Waals surface area contributed by atoms with Gasteiger partial charge < -0.3 is 14.2 Å². The van der Waals surface area contributed by atoms with Crippen molar-refractivity contribution in [2.24, 2.45) is 0 Å². The highest BCUT2D eigenvalue weighted by atomic mass is 16.6. The highest BCUT2D eigenvalue weighted by molar-refractivity contribution is 5.71. The lowest BCUT2D eigenvalue weighted by molar-refractivity contribution is -0.167. The van der Waals surface area contributed by atoms with Gasteiger partial charge in [0.15, 0.2) is 6.10 Å². The summed E-state index contributed by atoms with van der Waals surface area (Å²) in [6.07, 6.45) is 77.2. The normalized spacial score (nSPS) is 12.7. The number of allylic oxidation sites excluding steroid dienone is 14. The first-order valence-corrected chi connectivity index (χ1v) is 30.1. The molecule has 0 spiro atoms. The molecule has 0 unspecified atom stereocenters. The summed E-state index contributed by atoms with van der Waals surface area (Å²) in [5, 5.41) is 0. The van der Waals surface area contributed by atoms with Gasteiger partial charge in [-0.25, -0.2) is 0 Å². The summed E-state index contributed by atoms with van der Waals surface area (Å²) >= 11 is 0. The Morgan fingerprint density at radius 1 is 0.296 bits per heavy atom. The van der Waals surface area contributed by atoms with Gasteiger partial charge in [0.2, 0.25) is 0 Å². The number of rotatable bonds is 54. The lowest BCUT2D eigenvalue weighted by Crippen LogP contribution is -2.30. The molecule has 0 aromatic heterocycles. The summed E-state index contributed by atoms with van der Waals surface area (Å²) in [7, 11) is 0. The molecule has 0 radical (unpaired) electrons. The van der Waals surface area contributed by atoms with Crippen LogP contribution in [0.5, 0.6) is 0 Å². The van der Waals surface area contributed by atoms with Crippen LogP contribution in [-0.2, 0) is 28.6 Å². The highest BCUT2D eigenvalue weighted by Crippen LogP contribution is 2.16. The summed E-state index contributed by atoms with van der Waals surface area (Å²) in [6, 6.07) is 0. The van der Waals surface area contributed by atoms with Crippen LogP contribution in [0, 0.1) is 0 Å². The van der Waals surface area contributed by atoms with Gasteiger partial charge in [-0.2, -0.15) is 0 Å². The van der Waals surface area contributed by atoms with Crippen LogP contribution in [0.25, 0.3) is 0 Å². The van der Waals surface area contributed by atoms with E-state index in [9.17, 15) is 14.4 Å². The number of unbranched alkanes of at least 4 members (excludes halogenated alkanes) is 29. The van der Waals surface area contributed by atoms with Crippen LogP contribution in [0.4, 0.5) is 0 Å². The Kier molecular flexibility index (Phi) is 56.3.